The summed E-state index contributed by atoms with van der Waals surface area (Å²) >= 11 is 3.30. The molecular weight excluding hydrogens is 234 g/mol. The number of aldehydes is 1. The van der Waals surface area contributed by atoms with Gasteiger partial charge in [0.2, 0.25) is 0 Å². The van der Waals surface area contributed by atoms with Crippen LogP contribution in [0.4, 0.5) is 0 Å². The molecule has 2 aromatic rings. The normalized spacial score (nSPS) is 10.6. The van der Waals surface area contributed by atoms with E-state index in [2.05, 4.69) is 21.1 Å². The van der Waals surface area contributed by atoms with Crippen molar-refractivity contribution in [2.24, 2.45) is 0 Å². The zero-order chi connectivity index (χ0) is 9.42. The Kier molecular flexibility index (Phi) is 1.92. The van der Waals surface area contributed by atoms with Crippen LogP contribution in [0.25, 0.3) is 11.0 Å². The van der Waals surface area contributed by atoms with Crippen LogP contribution in [-0.4, -0.2) is 11.4 Å². The number of fused-ring (bicyclic) bond motifs is 1. The van der Waals surface area contributed by atoms with Crippen molar-refractivity contribution in [3.63, 3.8) is 0 Å². The third-order valence-electron chi connectivity index (χ3n) is 1.91. The molecule has 0 unspecified atom stereocenters. The number of carbonyl (C=O) groups is 1. The average Bonchev–Trinajstić information content (AvgIpc) is 2.49. The highest BCUT2D eigenvalue weighted by molar-refractivity contribution is 9.10. The van der Waals surface area contributed by atoms with Gasteiger partial charge in [0.25, 0.3) is 0 Å². The van der Waals surface area contributed by atoms with Gasteiger partial charge < -0.3 is 4.52 Å². The van der Waals surface area contributed by atoms with E-state index in [1.54, 1.807) is 12.1 Å². The van der Waals surface area contributed by atoms with Crippen LogP contribution in [0.3, 0.4) is 0 Å². The minimum atomic E-state index is 0.594. The van der Waals surface area contributed by atoms with Crippen molar-refractivity contribution in [1.29, 1.82) is 0 Å². The second-order valence-electron chi connectivity index (χ2n) is 2.72. The number of rotatable bonds is 1. The maximum absolute atomic E-state index is 10.8. The summed E-state index contributed by atoms with van der Waals surface area (Å²) in [6, 6.07) is 3.56. The van der Waals surface area contributed by atoms with Gasteiger partial charge in [-0.15, -0.1) is 0 Å². The average molecular weight is 240 g/mol. The fraction of sp³-hybridized carbons (Fsp3) is 0.111. The van der Waals surface area contributed by atoms with Gasteiger partial charge in [-0.25, -0.2) is 0 Å². The molecule has 0 amide bonds. The molecule has 0 aliphatic rings. The molecule has 0 N–H and O–H groups in total. The summed E-state index contributed by atoms with van der Waals surface area (Å²) in [6.45, 7) is 1.81. The summed E-state index contributed by atoms with van der Waals surface area (Å²) in [5.41, 5.74) is 1.97. The maximum atomic E-state index is 10.8. The van der Waals surface area contributed by atoms with Gasteiger partial charge in [-0.3, -0.25) is 4.79 Å². The number of carbonyl (C=O) groups excluding carboxylic acids is 1. The largest absolute Gasteiger partial charge is 0.356 e. The molecule has 0 atom stereocenters. The SMILES string of the molecule is Cc1noc2ccc(Br)c(C=O)c12. The number of aromatic nitrogens is 1. The summed E-state index contributed by atoms with van der Waals surface area (Å²) in [6.07, 6.45) is 0.802. The predicted octanol–water partition coefficient (Wildman–Crippen LogP) is 2.71. The first kappa shape index (κ1) is 8.44. The van der Waals surface area contributed by atoms with Crippen LogP contribution in [0.15, 0.2) is 21.1 Å². The molecule has 2 rings (SSSR count). The van der Waals surface area contributed by atoms with Gasteiger partial charge >= 0.3 is 0 Å². The van der Waals surface area contributed by atoms with Crippen molar-refractivity contribution in [2.75, 3.05) is 0 Å². The van der Waals surface area contributed by atoms with Crippen molar-refractivity contribution in [3.8, 4) is 0 Å². The highest BCUT2D eigenvalue weighted by atomic mass is 79.9. The summed E-state index contributed by atoms with van der Waals surface area (Å²) in [7, 11) is 0. The van der Waals surface area contributed by atoms with E-state index in [9.17, 15) is 4.79 Å². The van der Waals surface area contributed by atoms with E-state index in [1.165, 1.54) is 0 Å². The Balaban J connectivity index is 2.96. The van der Waals surface area contributed by atoms with Crippen molar-refractivity contribution in [3.05, 3.63) is 27.9 Å². The van der Waals surface area contributed by atoms with Crippen LogP contribution < -0.4 is 0 Å². The number of benzene rings is 1. The van der Waals surface area contributed by atoms with E-state index in [4.69, 9.17) is 4.52 Å². The van der Waals surface area contributed by atoms with Crippen LogP contribution >= 0.6 is 15.9 Å². The highest BCUT2D eigenvalue weighted by Gasteiger charge is 2.11. The zero-order valence-corrected chi connectivity index (χ0v) is 8.46. The Morgan fingerprint density at radius 3 is 3.00 bits per heavy atom. The molecule has 0 saturated heterocycles. The lowest BCUT2D eigenvalue weighted by atomic mass is 10.1. The highest BCUT2D eigenvalue weighted by Crippen LogP contribution is 2.27. The van der Waals surface area contributed by atoms with Gasteiger partial charge in [0.1, 0.15) is 0 Å². The van der Waals surface area contributed by atoms with E-state index in [1.807, 2.05) is 6.92 Å². The maximum Gasteiger partial charge on any atom is 0.167 e. The second-order valence-corrected chi connectivity index (χ2v) is 3.57. The lowest BCUT2D eigenvalue weighted by molar-refractivity contribution is 0.112. The van der Waals surface area contributed by atoms with Gasteiger partial charge in [-0.1, -0.05) is 21.1 Å². The fourth-order valence-corrected chi connectivity index (χ4v) is 1.73. The molecule has 0 fully saturated rings. The third-order valence-corrected chi connectivity index (χ3v) is 2.61. The Labute approximate surface area is 82.8 Å². The quantitative estimate of drug-likeness (QED) is 0.719. The standard InChI is InChI=1S/C9H6BrNO2/c1-5-9-6(4-12)7(10)2-3-8(9)13-11-5/h2-4H,1H3. The van der Waals surface area contributed by atoms with Gasteiger partial charge in [0.15, 0.2) is 11.9 Å². The first-order valence-electron chi connectivity index (χ1n) is 3.73. The fourth-order valence-electron chi connectivity index (χ4n) is 1.30. The third kappa shape index (κ3) is 1.18. The first-order valence-corrected chi connectivity index (χ1v) is 4.53. The molecule has 1 aromatic heterocycles. The molecule has 0 saturated carbocycles. The molecule has 3 nitrogen and oxygen atoms in total. The van der Waals surface area contributed by atoms with Crippen LogP contribution in [0.5, 0.6) is 0 Å². The molecule has 4 heteroatoms. The molecular formula is C9H6BrNO2. The Bertz CT molecular complexity index is 476. The van der Waals surface area contributed by atoms with Gasteiger partial charge in [0.05, 0.1) is 11.1 Å². The molecule has 1 heterocycles. The van der Waals surface area contributed by atoms with E-state index < -0.39 is 0 Å². The smallest absolute Gasteiger partial charge is 0.167 e. The summed E-state index contributed by atoms with van der Waals surface area (Å²) in [4.78, 5) is 10.8. The first-order chi connectivity index (χ1) is 6.24. The van der Waals surface area contributed by atoms with Gasteiger partial charge in [-0.2, -0.15) is 0 Å². The molecule has 0 bridgehead atoms. The summed E-state index contributed by atoms with van der Waals surface area (Å²) < 4.78 is 5.78. The minimum absolute atomic E-state index is 0.594. The number of nitrogens with zero attached hydrogens (tertiary/aromatic N) is 1. The lowest BCUT2D eigenvalue weighted by Gasteiger charge is -1.96. The summed E-state index contributed by atoms with van der Waals surface area (Å²) in [5.74, 6) is 0. The Morgan fingerprint density at radius 1 is 1.54 bits per heavy atom. The predicted molar refractivity (Wildman–Crippen MR) is 51.8 cm³/mol. The molecule has 0 aliphatic carbocycles. The van der Waals surface area contributed by atoms with Crippen LogP contribution in [0.1, 0.15) is 16.1 Å². The number of aryl methyl sites for hydroxylation is 1. The van der Waals surface area contributed by atoms with Crippen LogP contribution in [0, 0.1) is 6.92 Å². The van der Waals surface area contributed by atoms with E-state index in [0.29, 0.717) is 11.1 Å². The molecule has 0 aliphatic heterocycles. The van der Waals surface area contributed by atoms with E-state index in [-0.39, 0.29) is 0 Å². The van der Waals surface area contributed by atoms with Crippen molar-refractivity contribution >= 4 is 33.2 Å². The Hall–Kier alpha value is -1.16. The van der Waals surface area contributed by atoms with Crippen LogP contribution in [0.2, 0.25) is 0 Å². The second kappa shape index (κ2) is 2.96. The molecule has 0 radical (unpaired) electrons. The van der Waals surface area contributed by atoms with Crippen molar-refractivity contribution in [1.82, 2.24) is 5.16 Å². The monoisotopic (exact) mass is 239 g/mol. The van der Waals surface area contributed by atoms with Crippen molar-refractivity contribution < 1.29 is 9.32 Å². The number of hydrogen-bond donors (Lipinski definition) is 0. The Morgan fingerprint density at radius 2 is 2.31 bits per heavy atom. The lowest BCUT2D eigenvalue weighted by Crippen LogP contribution is -1.84. The molecule has 13 heavy (non-hydrogen) atoms. The van der Waals surface area contributed by atoms with Gasteiger partial charge in [0, 0.05) is 10.0 Å². The summed E-state index contributed by atoms with van der Waals surface area (Å²) in [5, 5.41) is 4.57. The topological polar surface area (TPSA) is 43.1 Å². The molecule has 1 aromatic carbocycles. The zero-order valence-electron chi connectivity index (χ0n) is 6.87. The molecule has 0 spiro atoms. The van der Waals surface area contributed by atoms with E-state index in [0.717, 1.165) is 21.8 Å². The number of halogens is 1. The number of hydrogen-bond acceptors (Lipinski definition) is 3. The van der Waals surface area contributed by atoms with E-state index >= 15 is 0 Å². The van der Waals surface area contributed by atoms with Crippen LogP contribution in [-0.2, 0) is 0 Å². The molecule has 66 valence electrons. The van der Waals surface area contributed by atoms with Crippen molar-refractivity contribution in [2.45, 2.75) is 6.92 Å². The minimum Gasteiger partial charge on any atom is -0.356 e. The van der Waals surface area contributed by atoms with Gasteiger partial charge in [-0.05, 0) is 19.1 Å².